The van der Waals surface area contributed by atoms with Gasteiger partial charge in [-0.3, -0.25) is 14.9 Å². The van der Waals surface area contributed by atoms with Gasteiger partial charge in [-0.05, 0) is 43.4 Å². The fourth-order valence-corrected chi connectivity index (χ4v) is 2.34. The van der Waals surface area contributed by atoms with Crippen LogP contribution in [0.4, 0.5) is 0 Å². The largest absolute Gasteiger partial charge is 0.292 e. The number of pyridine rings is 1. The molecule has 0 aliphatic heterocycles. The number of hydrogen-bond acceptors (Lipinski definition) is 4. The number of nitrogens with one attached hydrogen (secondary N) is 2. The molecule has 1 aliphatic rings. The number of nitrogens with zero attached hydrogens (tertiary/aromatic N) is 3. The molecule has 1 amide bonds. The molecule has 20 heavy (non-hydrogen) atoms. The van der Waals surface area contributed by atoms with Gasteiger partial charge in [-0.1, -0.05) is 0 Å². The summed E-state index contributed by atoms with van der Waals surface area (Å²) >= 11 is 0. The van der Waals surface area contributed by atoms with Crippen molar-refractivity contribution in [3.8, 4) is 0 Å². The molecule has 0 bridgehead atoms. The van der Waals surface area contributed by atoms with Gasteiger partial charge < -0.3 is 0 Å². The van der Waals surface area contributed by atoms with Crippen LogP contribution in [0.3, 0.4) is 0 Å². The number of amides is 1. The first-order valence-corrected chi connectivity index (χ1v) is 6.64. The van der Waals surface area contributed by atoms with Crippen LogP contribution in [0.25, 0.3) is 0 Å². The third-order valence-electron chi connectivity index (χ3n) is 3.36. The lowest BCUT2D eigenvalue weighted by molar-refractivity contribution is 0.0949. The lowest BCUT2D eigenvalue weighted by atomic mass is 9.96. The molecule has 3 rings (SSSR count). The van der Waals surface area contributed by atoms with Gasteiger partial charge in [0.1, 0.15) is 0 Å². The second-order valence-corrected chi connectivity index (χ2v) is 4.72. The quantitative estimate of drug-likeness (QED) is 0.653. The van der Waals surface area contributed by atoms with Crippen LogP contribution in [0.1, 0.15) is 40.2 Å². The lowest BCUT2D eigenvalue weighted by Crippen LogP contribution is -2.20. The second kappa shape index (κ2) is 5.64. The van der Waals surface area contributed by atoms with Gasteiger partial charge in [0.2, 0.25) is 0 Å². The van der Waals surface area contributed by atoms with Gasteiger partial charge in [0.05, 0.1) is 6.21 Å². The second-order valence-electron chi connectivity index (χ2n) is 4.72. The van der Waals surface area contributed by atoms with Crippen LogP contribution >= 0.6 is 0 Å². The van der Waals surface area contributed by atoms with Crippen molar-refractivity contribution in [3.63, 3.8) is 0 Å². The molecule has 0 unspecified atom stereocenters. The van der Waals surface area contributed by atoms with E-state index in [-0.39, 0.29) is 5.91 Å². The Morgan fingerprint density at radius 1 is 1.30 bits per heavy atom. The van der Waals surface area contributed by atoms with E-state index in [2.05, 4.69) is 25.7 Å². The number of aryl methyl sites for hydroxylation is 1. The minimum Gasteiger partial charge on any atom is -0.281 e. The Balaban J connectivity index is 1.68. The maximum Gasteiger partial charge on any atom is 0.292 e. The number of carbonyl (C=O) groups excluding carboxylic acids is 1. The van der Waals surface area contributed by atoms with E-state index >= 15 is 0 Å². The summed E-state index contributed by atoms with van der Waals surface area (Å²) in [7, 11) is 0. The Hall–Kier alpha value is -2.50. The molecule has 2 aromatic heterocycles. The number of hydrogen-bond donors (Lipinski definition) is 2. The van der Waals surface area contributed by atoms with Gasteiger partial charge in [-0.2, -0.15) is 10.2 Å². The van der Waals surface area contributed by atoms with Crippen LogP contribution in [0.15, 0.2) is 29.6 Å². The first-order valence-electron chi connectivity index (χ1n) is 6.64. The van der Waals surface area contributed by atoms with E-state index in [1.54, 1.807) is 18.6 Å². The summed E-state index contributed by atoms with van der Waals surface area (Å²) in [6.07, 6.45) is 9.06. The van der Waals surface area contributed by atoms with Crippen LogP contribution in [0.5, 0.6) is 0 Å². The summed E-state index contributed by atoms with van der Waals surface area (Å²) in [5.41, 5.74) is 5.97. The van der Waals surface area contributed by atoms with Gasteiger partial charge in [-0.15, -0.1) is 0 Å². The number of aromatic nitrogens is 3. The molecule has 6 nitrogen and oxygen atoms in total. The highest BCUT2D eigenvalue weighted by molar-refractivity contribution is 5.94. The Bertz CT molecular complexity index is 632. The topological polar surface area (TPSA) is 83.0 Å². The van der Waals surface area contributed by atoms with E-state index in [1.807, 2.05) is 12.1 Å². The van der Waals surface area contributed by atoms with E-state index < -0.39 is 0 Å². The van der Waals surface area contributed by atoms with Gasteiger partial charge >= 0.3 is 0 Å². The fourth-order valence-electron chi connectivity index (χ4n) is 2.34. The van der Waals surface area contributed by atoms with Crippen LogP contribution in [0, 0.1) is 0 Å². The number of H-pyrrole nitrogens is 1. The zero-order chi connectivity index (χ0) is 13.8. The standard InChI is InChI=1S/C14H15N5O/c20-14(19-16-9-10-5-7-15-8-6-10)13-11-3-1-2-4-12(11)17-18-13/h5-9H,1-4H2,(H,17,18)(H,19,20)/b16-9-. The summed E-state index contributed by atoms with van der Waals surface area (Å²) in [6, 6.07) is 3.62. The summed E-state index contributed by atoms with van der Waals surface area (Å²) in [6.45, 7) is 0. The fraction of sp³-hybridized carbons (Fsp3) is 0.286. The molecule has 0 saturated heterocycles. The molecule has 2 N–H and O–H groups in total. The maximum absolute atomic E-state index is 12.0. The molecule has 0 spiro atoms. The van der Waals surface area contributed by atoms with E-state index in [9.17, 15) is 4.79 Å². The normalized spacial score (nSPS) is 14.2. The molecule has 0 saturated carbocycles. The van der Waals surface area contributed by atoms with E-state index in [0.717, 1.165) is 42.5 Å². The molecule has 0 fully saturated rings. The lowest BCUT2D eigenvalue weighted by Gasteiger charge is -2.10. The van der Waals surface area contributed by atoms with Crippen molar-refractivity contribution in [1.82, 2.24) is 20.6 Å². The highest BCUT2D eigenvalue weighted by atomic mass is 16.2. The van der Waals surface area contributed by atoms with Crippen LogP contribution < -0.4 is 5.43 Å². The van der Waals surface area contributed by atoms with E-state index in [0.29, 0.717) is 5.69 Å². The zero-order valence-electron chi connectivity index (χ0n) is 11.0. The molecule has 1 aliphatic carbocycles. The number of fused-ring (bicyclic) bond motifs is 1. The monoisotopic (exact) mass is 269 g/mol. The molecule has 0 aromatic carbocycles. The number of hydrazone groups is 1. The average Bonchev–Trinajstić information content (AvgIpc) is 2.92. The molecular formula is C14H15N5O. The summed E-state index contributed by atoms with van der Waals surface area (Å²) in [4.78, 5) is 16.0. The number of rotatable bonds is 3. The van der Waals surface area contributed by atoms with Crippen molar-refractivity contribution in [1.29, 1.82) is 0 Å². The van der Waals surface area contributed by atoms with Crippen molar-refractivity contribution in [2.45, 2.75) is 25.7 Å². The Labute approximate surface area is 116 Å². The molecule has 0 radical (unpaired) electrons. The van der Waals surface area contributed by atoms with Gasteiger partial charge in [-0.25, -0.2) is 5.43 Å². The first-order chi connectivity index (χ1) is 9.84. The summed E-state index contributed by atoms with van der Waals surface area (Å²) in [5.74, 6) is -0.269. The Kier molecular flexibility index (Phi) is 3.54. The predicted octanol–water partition coefficient (Wildman–Crippen LogP) is 1.45. The molecule has 102 valence electrons. The predicted molar refractivity (Wildman–Crippen MR) is 74.5 cm³/mol. The molecule has 0 atom stereocenters. The highest BCUT2D eigenvalue weighted by Gasteiger charge is 2.21. The van der Waals surface area contributed by atoms with E-state index in [1.165, 1.54) is 0 Å². The molecular weight excluding hydrogens is 254 g/mol. The van der Waals surface area contributed by atoms with Crippen molar-refractivity contribution >= 4 is 12.1 Å². The minimum atomic E-state index is -0.269. The van der Waals surface area contributed by atoms with Gasteiger partial charge in [0, 0.05) is 23.7 Å². The molecule has 2 heterocycles. The van der Waals surface area contributed by atoms with Crippen LogP contribution in [0.2, 0.25) is 0 Å². The molecule has 2 aromatic rings. The maximum atomic E-state index is 12.0. The van der Waals surface area contributed by atoms with Gasteiger partial charge in [0.15, 0.2) is 5.69 Å². The van der Waals surface area contributed by atoms with Crippen molar-refractivity contribution in [3.05, 3.63) is 47.0 Å². The van der Waals surface area contributed by atoms with E-state index in [4.69, 9.17) is 0 Å². The van der Waals surface area contributed by atoms with Crippen molar-refractivity contribution in [2.24, 2.45) is 5.10 Å². The third-order valence-corrected chi connectivity index (χ3v) is 3.36. The Morgan fingerprint density at radius 3 is 2.95 bits per heavy atom. The van der Waals surface area contributed by atoms with Gasteiger partial charge in [0.25, 0.3) is 5.91 Å². The molecule has 6 heteroatoms. The average molecular weight is 269 g/mol. The first kappa shape index (κ1) is 12.5. The number of carbonyl (C=O) groups is 1. The summed E-state index contributed by atoms with van der Waals surface area (Å²) in [5, 5.41) is 11.0. The van der Waals surface area contributed by atoms with Crippen molar-refractivity contribution < 1.29 is 4.79 Å². The minimum absolute atomic E-state index is 0.269. The third kappa shape index (κ3) is 2.59. The SMILES string of the molecule is O=C(N/N=C\c1ccncc1)c1n[nH]c2c1CCCC2. The number of aromatic amines is 1. The smallest absolute Gasteiger partial charge is 0.281 e. The van der Waals surface area contributed by atoms with Crippen LogP contribution in [-0.2, 0) is 12.8 Å². The van der Waals surface area contributed by atoms with Crippen molar-refractivity contribution in [2.75, 3.05) is 0 Å². The zero-order valence-corrected chi connectivity index (χ0v) is 11.0. The highest BCUT2D eigenvalue weighted by Crippen LogP contribution is 2.21. The van der Waals surface area contributed by atoms with Crippen LogP contribution in [-0.4, -0.2) is 27.3 Å². The summed E-state index contributed by atoms with van der Waals surface area (Å²) < 4.78 is 0. The Morgan fingerprint density at radius 2 is 2.10 bits per heavy atom.